The van der Waals surface area contributed by atoms with Gasteiger partial charge < -0.3 is 14.0 Å². The molecule has 1 atom stereocenters. The van der Waals surface area contributed by atoms with Crippen molar-refractivity contribution in [3.05, 3.63) is 64.2 Å². The molecule has 3 aromatic rings. The van der Waals surface area contributed by atoms with E-state index in [1.807, 2.05) is 13.1 Å². The highest BCUT2D eigenvalue weighted by Crippen LogP contribution is 2.42. The summed E-state index contributed by atoms with van der Waals surface area (Å²) >= 11 is 0. The van der Waals surface area contributed by atoms with Crippen molar-refractivity contribution in [2.75, 3.05) is 42.6 Å². The van der Waals surface area contributed by atoms with E-state index in [1.54, 1.807) is 49.9 Å². The number of ether oxygens (including phenoxy) is 2. The van der Waals surface area contributed by atoms with E-state index in [0.717, 1.165) is 36.9 Å². The Kier molecular flexibility index (Phi) is 9.38. The van der Waals surface area contributed by atoms with Crippen molar-refractivity contribution in [1.29, 1.82) is 5.26 Å². The van der Waals surface area contributed by atoms with Crippen molar-refractivity contribution in [3.8, 4) is 6.07 Å². The van der Waals surface area contributed by atoms with Gasteiger partial charge in [0.25, 0.3) is 5.91 Å². The summed E-state index contributed by atoms with van der Waals surface area (Å²) in [7, 11) is 1.81. The van der Waals surface area contributed by atoms with Crippen LogP contribution in [0.5, 0.6) is 0 Å². The lowest BCUT2D eigenvalue weighted by Gasteiger charge is -2.42. The summed E-state index contributed by atoms with van der Waals surface area (Å²) in [5.74, 6) is 0.506. The molecule has 2 amide bonds. The maximum atomic E-state index is 14.6. The molecule has 0 spiro atoms. The second kappa shape index (κ2) is 13.3. The van der Waals surface area contributed by atoms with Crippen molar-refractivity contribution in [2.45, 2.75) is 77.2 Å². The summed E-state index contributed by atoms with van der Waals surface area (Å²) in [6, 6.07) is 7.97. The van der Waals surface area contributed by atoms with E-state index in [4.69, 9.17) is 9.47 Å². The van der Waals surface area contributed by atoms with E-state index in [1.165, 1.54) is 4.90 Å². The number of fused-ring (bicyclic) bond motifs is 1. The number of nitrogens with zero attached hydrogens (tertiary/aromatic N) is 8. The van der Waals surface area contributed by atoms with Crippen LogP contribution in [0.3, 0.4) is 0 Å². The quantitative estimate of drug-likeness (QED) is 0.285. The molecule has 1 aromatic carbocycles. The van der Waals surface area contributed by atoms with Gasteiger partial charge in [0.1, 0.15) is 35.9 Å². The Morgan fingerprint density at radius 1 is 1.20 bits per heavy atom. The molecule has 0 unspecified atom stereocenters. The van der Waals surface area contributed by atoms with E-state index < -0.39 is 41.3 Å². The maximum Gasteiger partial charge on any atom is 0.416 e. The number of aryl methyl sites for hydroxylation is 1. The standard InChI is InChI=1S/C35H41F3N8O4/c1-22-7-6-9-44(16-22)17-23-11-25-26(27(12-23)35(36,37)38)18-46(31(25)47)29-14-24(34(19-49-20-34)15-30-42-40-21-43(30)5)13-28(41-29)45(10-8-39)32(48)50-33(2,3)4/h11-14,21-22H,6-7,9-10,15-20H2,1-5H3/t22-/m0/s1. The molecule has 0 bridgehead atoms. The van der Waals surface area contributed by atoms with Gasteiger partial charge in [0.05, 0.1) is 31.4 Å². The Morgan fingerprint density at radius 2 is 1.96 bits per heavy atom. The molecule has 6 rings (SSSR count). The van der Waals surface area contributed by atoms with E-state index in [-0.39, 0.29) is 42.5 Å². The lowest BCUT2D eigenvalue weighted by atomic mass is 9.75. The number of rotatable bonds is 8. The molecule has 266 valence electrons. The van der Waals surface area contributed by atoms with Crippen LogP contribution in [0.2, 0.25) is 0 Å². The fourth-order valence-electron chi connectivity index (χ4n) is 6.89. The van der Waals surface area contributed by atoms with Crippen LogP contribution in [-0.4, -0.2) is 75.1 Å². The first-order chi connectivity index (χ1) is 23.6. The van der Waals surface area contributed by atoms with Crippen molar-refractivity contribution >= 4 is 23.6 Å². The molecule has 2 fully saturated rings. The highest BCUT2D eigenvalue weighted by molar-refractivity contribution is 6.10. The fraction of sp³-hybridized carbons (Fsp3) is 0.543. The third kappa shape index (κ3) is 7.18. The SMILES string of the molecule is C[C@H]1CCCN(Cc2cc3c(c(C(F)(F)F)c2)CN(c2cc(C4(Cc5nncn5C)COC4)cc(N(CC#N)C(=O)OC(C)(C)C)n2)C3=O)C1. The van der Waals surface area contributed by atoms with Gasteiger partial charge in [-0.25, -0.2) is 14.7 Å². The predicted octanol–water partition coefficient (Wildman–Crippen LogP) is 5.40. The first-order valence-corrected chi connectivity index (χ1v) is 16.6. The highest BCUT2D eigenvalue weighted by atomic mass is 19.4. The molecule has 0 aliphatic carbocycles. The number of amides is 2. The first-order valence-electron chi connectivity index (χ1n) is 16.6. The number of halogens is 3. The van der Waals surface area contributed by atoms with Crippen LogP contribution in [-0.2, 0) is 47.6 Å². The Morgan fingerprint density at radius 3 is 2.56 bits per heavy atom. The average molecular weight is 695 g/mol. The van der Waals surface area contributed by atoms with Crippen LogP contribution >= 0.6 is 0 Å². The molecule has 50 heavy (non-hydrogen) atoms. The fourth-order valence-corrected chi connectivity index (χ4v) is 6.89. The van der Waals surface area contributed by atoms with Gasteiger partial charge in [-0.05, 0) is 87.0 Å². The van der Waals surface area contributed by atoms with Gasteiger partial charge >= 0.3 is 12.3 Å². The zero-order valence-electron chi connectivity index (χ0n) is 28.9. The minimum absolute atomic E-state index is 0.0113. The topological polar surface area (TPSA) is 130 Å². The second-order valence-electron chi connectivity index (χ2n) is 14.6. The van der Waals surface area contributed by atoms with Crippen LogP contribution in [0.4, 0.5) is 29.6 Å². The molecule has 0 radical (unpaired) electrons. The number of hydrogen-bond acceptors (Lipinski definition) is 9. The molecular formula is C35H41F3N8O4. The molecule has 15 heteroatoms. The van der Waals surface area contributed by atoms with Gasteiger partial charge in [0.15, 0.2) is 0 Å². The Labute approximate surface area is 288 Å². The van der Waals surface area contributed by atoms with Crippen molar-refractivity contribution in [2.24, 2.45) is 13.0 Å². The number of carbonyl (C=O) groups excluding carboxylic acids is 2. The number of likely N-dealkylation sites (tertiary alicyclic amines) is 1. The zero-order chi connectivity index (χ0) is 36.0. The molecule has 3 aliphatic rings. The predicted molar refractivity (Wildman–Crippen MR) is 176 cm³/mol. The normalized spacial score (nSPS) is 19.1. The van der Waals surface area contributed by atoms with E-state index in [9.17, 15) is 28.0 Å². The van der Waals surface area contributed by atoms with Crippen molar-refractivity contribution < 1.29 is 32.2 Å². The van der Waals surface area contributed by atoms with Crippen LogP contribution in [0, 0.1) is 17.2 Å². The van der Waals surface area contributed by atoms with Crippen LogP contribution in [0.1, 0.15) is 79.0 Å². The number of alkyl halides is 3. The van der Waals surface area contributed by atoms with E-state index in [0.29, 0.717) is 35.8 Å². The first kappa shape index (κ1) is 35.3. The van der Waals surface area contributed by atoms with Crippen LogP contribution in [0.15, 0.2) is 30.6 Å². The Hall–Kier alpha value is -4.55. The lowest BCUT2D eigenvalue weighted by Crippen LogP contribution is -2.49. The van der Waals surface area contributed by atoms with Gasteiger partial charge in [-0.2, -0.15) is 18.4 Å². The van der Waals surface area contributed by atoms with Gasteiger partial charge in [0, 0.05) is 37.5 Å². The number of nitriles is 1. The van der Waals surface area contributed by atoms with Gasteiger partial charge in [-0.15, -0.1) is 10.2 Å². The summed E-state index contributed by atoms with van der Waals surface area (Å²) in [6.45, 7) is 8.75. The number of aromatic nitrogens is 4. The summed E-state index contributed by atoms with van der Waals surface area (Å²) in [5.41, 5.74) is -1.58. The van der Waals surface area contributed by atoms with Crippen LogP contribution < -0.4 is 9.80 Å². The van der Waals surface area contributed by atoms with Gasteiger partial charge in [0.2, 0.25) is 0 Å². The maximum absolute atomic E-state index is 14.6. The molecule has 5 heterocycles. The number of hydrogen-bond donors (Lipinski definition) is 0. The Bertz CT molecular complexity index is 1830. The summed E-state index contributed by atoms with van der Waals surface area (Å²) in [4.78, 5) is 36.6. The average Bonchev–Trinajstić information content (AvgIpc) is 3.57. The molecule has 0 saturated carbocycles. The highest BCUT2D eigenvalue weighted by Gasteiger charge is 2.45. The molecule has 12 nitrogen and oxygen atoms in total. The third-order valence-corrected chi connectivity index (χ3v) is 9.42. The molecule has 0 N–H and O–H groups in total. The second-order valence-corrected chi connectivity index (χ2v) is 14.6. The molecular weight excluding hydrogens is 653 g/mol. The minimum atomic E-state index is -4.70. The minimum Gasteiger partial charge on any atom is -0.443 e. The zero-order valence-corrected chi connectivity index (χ0v) is 28.9. The van der Waals surface area contributed by atoms with E-state index in [2.05, 4.69) is 27.0 Å². The van der Waals surface area contributed by atoms with Crippen molar-refractivity contribution in [3.63, 3.8) is 0 Å². The largest absolute Gasteiger partial charge is 0.443 e. The van der Waals surface area contributed by atoms with Crippen LogP contribution in [0.25, 0.3) is 0 Å². The molecule has 2 saturated heterocycles. The lowest BCUT2D eigenvalue weighted by molar-refractivity contribution is -0.138. The molecule has 2 aromatic heterocycles. The smallest absolute Gasteiger partial charge is 0.416 e. The summed E-state index contributed by atoms with van der Waals surface area (Å²) in [5, 5.41) is 17.9. The number of carbonyl (C=O) groups is 2. The monoisotopic (exact) mass is 694 g/mol. The number of piperidine rings is 1. The Balaban J connectivity index is 1.44. The molecule has 3 aliphatic heterocycles. The summed E-state index contributed by atoms with van der Waals surface area (Å²) < 4.78 is 56.9. The number of pyridine rings is 1. The van der Waals surface area contributed by atoms with Gasteiger partial charge in [-0.1, -0.05) is 6.92 Å². The number of benzene rings is 1. The summed E-state index contributed by atoms with van der Waals surface area (Å²) in [6.07, 6.45) is -1.56. The number of anilines is 2. The third-order valence-electron chi connectivity index (χ3n) is 9.42. The van der Waals surface area contributed by atoms with Crippen molar-refractivity contribution in [1.82, 2.24) is 24.6 Å². The van der Waals surface area contributed by atoms with E-state index >= 15 is 0 Å². The van der Waals surface area contributed by atoms with Gasteiger partial charge in [-0.3, -0.25) is 14.6 Å².